The van der Waals surface area contributed by atoms with Gasteiger partial charge < -0.3 is 10.6 Å². The molecule has 2 N–H and O–H groups in total. The van der Waals surface area contributed by atoms with Crippen LogP contribution in [0.15, 0.2) is 48.5 Å². The Hall–Kier alpha value is -2.03. The molecule has 17 heavy (non-hydrogen) atoms. The minimum absolute atomic E-state index is 0.215. The molecule has 0 amide bonds. The lowest BCUT2D eigenvalue weighted by atomic mass is 10.2. The molecule has 3 heteroatoms. The van der Waals surface area contributed by atoms with E-state index in [1.165, 1.54) is 17.7 Å². The molecule has 88 valence electrons. The lowest BCUT2D eigenvalue weighted by Crippen LogP contribution is -2.00. The summed E-state index contributed by atoms with van der Waals surface area (Å²) in [7, 11) is 1.90. The number of hydrogen-bond donors (Lipinski definition) is 2. The molecule has 0 spiro atoms. The summed E-state index contributed by atoms with van der Waals surface area (Å²) in [6, 6.07) is 14.5. The summed E-state index contributed by atoms with van der Waals surface area (Å²) in [5.41, 5.74) is 3.19. The number of benzene rings is 2. The van der Waals surface area contributed by atoms with Crippen molar-refractivity contribution in [1.29, 1.82) is 0 Å². The number of rotatable bonds is 4. The summed E-state index contributed by atoms with van der Waals surface area (Å²) in [4.78, 5) is 0. The highest BCUT2D eigenvalue weighted by Crippen LogP contribution is 2.13. The first-order valence-corrected chi connectivity index (χ1v) is 5.54. The van der Waals surface area contributed by atoms with Crippen LogP contribution in [0.1, 0.15) is 5.56 Å². The highest BCUT2D eigenvalue weighted by atomic mass is 19.1. The van der Waals surface area contributed by atoms with E-state index in [0.717, 1.165) is 17.9 Å². The van der Waals surface area contributed by atoms with Crippen LogP contribution in [-0.2, 0) is 6.54 Å². The van der Waals surface area contributed by atoms with Crippen LogP contribution in [0.4, 0.5) is 15.8 Å². The SMILES string of the molecule is CNc1cccc(CNc2ccc(F)cc2)c1. The van der Waals surface area contributed by atoms with Crippen molar-refractivity contribution in [2.24, 2.45) is 0 Å². The van der Waals surface area contributed by atoms with Gasteiger partial charge in [0, 0.05) is 25.0 Å². The van der Waals surface area contributed by atoms with E-state index in [1.54, 1.807) is 12.1 Å². The molecule has 0 heterocycles. The molecule has 2 rings (SSSR count). The van der Waals surface area contributed by atoms with Crippen LogP contribution in [0.3, 0.4) is 0 Å². The average molecular weight is 230 g/mol. The Morgan fingerprint density at radius 1 is 1.00 bits per heavy atom. The maximum Gasteiger partial charge on any atom is 0.123 e. The fourth-order valence-electron chi connectivity index (χ4n) is 1.61. The summed E-state index contributed by atoms with van der Waals surface area (Å²) < 4.78 is 12.7. The zero-order valence-electron chi connectivity index (χ0n) is 9.70. The highest BCUT2D eigenvalue weighted by Gasteiger charge is 1.96. The predicted molar refractivity (Wildman–Crippen MR) is 69.7 cm³/mol. The quantitative estimate of drug-likeness (QED) is 0.840. The van der Waals surface area contributed by atoms with Crippen molar-refractivity contribution in [3.63, 3.8) is 0 Å². The van der Waals surface area contributed by atoms with Gasteiger partial charge in [-0.1, -0.05) is 12.1 Å². The van der Waals surface area contributed by atoms with Crippen LogP contribution in [0.25, 0.3) is 0 Å². The van der Waals surface area contributed by atoms with Crippen molar-refractivity contribution >= 4 is 11.4 Å². The van der Waals surface area contributed by atoms with Crippen LogP contribution in [0.5, 0.6) is 0 Å². The largest absolute Gasteiger partial charge is 0.388 e. The van der Waals surface area contributed by atoms with Crippen LogP contribution in [-0.4, -0.2) is 7.05 Å². The average Bonchev–Trinajstić information content (AvgIpc) is 2.38. The second-order valence-corrected chi connectivity index (χ2v) is 3.81. The van der Waals surface area contributed by atoms with Crippen LogP contribution in [0.2, 0.25) is 0 Å². The lowest BCUT2D eigenvalue weighted by molar-refractivity contribution is 0.628. The Kier molecular flexibility index (Phi) is 3.60. The van der Waals surface area contributed by atoms with Crippen LogP contribution >= 0.6 is 0 Å². The summed E-state index contributed by atoms with van der Waals surface area (Å²) in [6.45, 7) is 0.723. The van der Waals surface area contributed by atoms with Gasteiger partial charge in [-0.3, -0.25) is 0 Å². The first-order valence-electron chi connectivity index (χ1n) is 5.54. The van der Waals surface area contributed by atoms with E-state index in [-0.39, 0.29) is 5.82 Å². The molecule has 2 aromatic rings. The molecule has 0 saturated heterocycles. The Bertz CT molecular complexity index is 480. The third-order valence-corrected chi connectivity index (χ3v) is 2.56. The molecule has 0 aliphatic carbocycles. The van der Waals surface area contributed by atoms with Gasteiger partial charge in [-0.05, 0) is 42.0 Å². The summed E-state index contributed by atoms with van der Waals surface area (Å²) in [5.74, 6) is -0.215. The Balaban J connectivity index is 1.99. The third kappa shape index (κ3) is 3.21. The van der Waals surface area contributed by atoms with Gasteiger partial charge in [0.1, 0.15) is 5.82 Å². The zero-order valence-corrected chi connectivity index (χ0v) is 9.70. The van der Waals surface area contributed by atoms with Gasteiger partial charge in [-0.2, -0.15) is 0 Å². The number of hydrogen-bond acceptors (Lipinski definition) is 2. The monoisotopic (exact) mass is 230 g/mol. The molecule has 0 aromatic heterocycles. The van der Waals surface area contributed by atoms with Gasteiger partial charge in [0.15, 0.2) is 0 Å². The van der Waals surface area contributed by atoms with E-state index in [0.29, 0.717) is 0 Å². The molecular weight excluding hydrogens is 215 g/mol. The first kappa shape index (κ1) is 11.5. The molecule has 0 aliphatic heterocycles. The minimum atomic E-state index is -0.215. The summed E-state index contributed by atoms with van der Waals surface area (Å²) in [6.07, 6.45) is 0. The Morgan fingerprint density at radius 2 is 1.76 bits per heavy atom. The molecule has 0 fully saturated rings. The number of nitrogens with one attached hydrogen (secondary N) is 2. The predicted octanol–water partition coefficient (Wildman–Crippen LogP) is 3.48. The second-order valence-electron chi connectivity index (χ2n) is 3.81. The van der Waals surface area contributed by atoms with E-state index < -0.39 is 0 Å². The van der Waals surface area contributed by atoms with Crippen molar-refractivity contribution in [1.82, 2.24) is 0 Å². The second kappa shape index (κ2) is 5.34. The maximum atomic E-state index is 12.7. The normalized spacial score (nSPS) is 10.0. The van der Waals surface area contributed by atoms with E-state index in [4.69, 9.17) is 0 Å². The molecule has 0 aliphatic rings. The highest BCUT2D eigenvalue weighted by molar-refractivity contribution is 5.47. The maximum absolute atomic E-state index is 12.7. The molecule has 2 nitrogen and oxygen atoms in total. The van der Waals surface area contributed by atoms with Crippen LogP contribution < -0.4 is 10.6 Å². The summed E-state index contributed by atoms with van der Waals surface area (Å²) >= 11 is 0. The fraction of sp³-hybridized carbons (Fsp3) is 0.143. The van der Waals surface area contributed by atoms with Gasteiger partial charge in [0.25, 0.3) is 0 Å². The van der Waals surface area contributed by atoms with Crippen molar-refractivity contribution in [3.05, 3.63) is 59.9 Å². The van der Waals surface area contributed by atoms with Crippen molar-refractivity contribution in [2.75, 3.05) is 17.7 Å². The molecule has 0 saturated carbocycles. The molecule has 0 unspecified atom stereocenters. The van der Waals surface area contributed by atoms with Gasteiger partial charge in [-0.15, -0.1) is 0 Å². The van der Waals surface area contributed by atoms with E-state index in [9.17, 15) is 4.39 Å². The van der Waals surface area contributed by atoms with Crippen molar-refractivity contribution < 1.29 is 4.39 Å². The Labute approximate surface area is 100 Å². The van der Waals surface area contributed by atoms with E-state index in [1.807, 2.05) is 19.2 Å². The minimum Gasteiger partial charge on any atom is -0.388 e. The van der Waals surface area contributed by atoms with Gasteiger partial charge in [0.05, 0.1) is 0 Å². The van der Waals surface area contributed by atoms with Gasteiger partial charge in [-0.25, -0.2) is 4.39 Å². The smallest absolute Gasteiger partial charge is 0.123 e. The third-order valence-electron chi connectivity index (χ3n) is 2.56. The topological polar surface area (TPSA) is 24.1 Å². The molecule has 0 atom stereocenters. The van der Waals surface area contributed by atoms with Gasteiger partial charge >= 0.3 is 0 Å². The van der Waals surface area contributed by atoms with Crippen LogP contribution in [0, 0.1) is 5.82 Å². The Morgan fingerprint density at radius 3 is 2.47 bits per heavy atom. The number of halogens is 1. The standard InChI is InChI=1S/C14H15FN2/c1-16-14-4-2-3-11(9-14)10-17-13-7-5-12(15)6-8-13/h2-9,16-17H,10H2,1H3. The van der Waals surface area contributed by atoms with E-state index in [2.05, 4.69) is 22.8 Å². The van der Waals surface area contributed by atoms with Gasteiger partial charge in [0.2, 0.25) is 0 Å². The zero-order chi connectivity index (χ0) is 12.1. The number of anilines is 2. The molecule has 2 aromatic carbocycles. The summed E-state index contributed by atoms with van der Waals surface area (Å²) in [5, 5.41) is 6.34. The van der Waals surface area contributed by atoms with Crippen molar-refractivity contribution in [3.8, 4) is 0 Å². The molecule has 0 bridgehead atoms. The fourth-order valence-corrected chi connectivity index (χ4v) is 1.61. The lowest BCUT2D eigenvalue weighted by Gasteiger charge is -2.08. The molecule has 0 radical (unpaired) electrons. The molecular formula is C14H15FN2. The first-order chi connectivity index (χ1) is 8.28. The van der Waals surface area contributed by atoms with Crippen molar-refractivity contribution in [2.45, 2.75) is 6.54 Å². The van der Waals surface area contributed by atoms with E-state index >= 15 is 0 Å².